The molecule has 2 N–H and O–H groups in total. The summed E-state index contributed by atoms with van der Waals surface area (Å²) < 4.78 is 1.03. The summed E-state index contributed by atoms with van der Waals surface area (Å²) in [6.07, 6.45) is 1.02. The van der Waals surface area contributed by atoms with Gasteiger partial charge < -0.3 is 10.6 Å². The molecule has 0 aliphatic heterocycles. The van der Waals surface area contributed by atoms with Crippen molar-refractivity contribution in [1.29, 1.82) is 0 Å². The van der Waals surface area contributed by atoms with Crippen molar-refractivity contribution in [3.63, 3.8) is 0 Å². The van der Waals surface area contributed by atoms with Gasteiger partial charge in [0.1, 0.15) is 0 Å². The minimum absolute atomic E-state index is 0.0582. The first-order valence-corrected chi connectivity index (χ1v) is 7.85. The van der Waals surface area contributed by atoms with Gasteiger partial charge in [-0.25, -0.2) is 0 Å². The average Bonchev–Trinajstić information content (AvgIpc) is 2.52. The second-order valence-electron chi connectivity index (χ2n) is 4.78. The van der Waals surface area contributed by atoms with Crippen LogP contribution in [-0.4, -0.2) is 12.5 Å². The van der Waals surface area contributed by atoms with E-state index in [9.17, 15) is 4.79 Å². The largest absolute Gasteiger partial charge is 0.384 e. The predicted octanol–water partition coefficient (Wildman–Crippen LogP) is 4.20. The van der Waals surface area contributed by atoms with Gasteiger partial charge in [-0.3, -0.25) is 4.79 Å². The third-order valence-electron chi connectivity index (χ3n) is 3.10. The summed E-state index contributed by atoms with van der Waals surface area (Å²) in [5.41, 5.74) is 2.64. The smallest absolute Gasteiger partial charge is 0.253 e. The van der Waals surface area contributed by atoms with Gasteiger partial charge in [0.2, 0.25) is 0 Å². The first kappa shape index (κ1) is 15.6. The normalized spacial score (nSPS) is 10.2. The lowest BCUT2D eigenvalue weighted by Crippen LogP contribution is -2.24. The van der Waals surface area contributed by atoms with E-state index in [1.807, 2.05) is 48.5 Å². The Balaban J connectivity index is 2.01. The van der Waals surface area contributed by atoms with Crippen molar-refractivity contribution < 1.29 is 4.79 Å². The number of hydrogen-bond acceptors (Lipinski definition) is 2. The van der Waals surface area contributed by atoms with Crippen molar-refractivity contribution in [3.8, 4) is 0 Å². The molecule has 0 radical (unpaired) electrons. The average molecular weight is 347 g/mol. The summed E-state index contributed by atoms with van der Waals surface area (Å²) in [6.45, 7) is 3.48. The lowest BCUT2D eigenvalue weighted by molar-refractivity contribution is 0.0951. The topological polar surface area (TPSA) is 41.1 Å². The number of para-hydroxylation sites is 1. The van der Waals surface area contributed by atoms with Crippen LogP contribution in [0.1, 0.15) is 29.3 Å². The molecule has 0 aliphatic carbocycles. The molecule has 0 atom stereocenters. The van der Waals surface area contributed by atoms with Gasteiger partial charge in [0.25, 0.3) is 5.91 Å². The third-order valence-corrected chi connectivity index (χ3v) is 3.63. The molecule has 0 fully saturated rings. The van der Waals surface area contributed by atoms with Gasteiger partial charge in [-0.2, -0.15) is 0 Å². The minimum atomic E-state index is -0.0582. The fraction of sp³-hybridized carbons (Fsp3) is 0.235. The van der Waals surface area contributed by atoms with Gasteiger partial charge in [0, 0.05) is 23.2 Å². The maximum atomic E-state index is 12.3. The van der Waals surface area contributed by atoms with Crippen LogP contribution in [0.3, 0.4) is 0 Å². The summed E-state index contributed by atoms with van der Waals surface area (Å²) in [5, 5.41) is 6.24. The zero-order valence-electron chi connectivity index (χ0n) is 12.0. The number of rotatable bonds is 6. The van der Waals surface area contributed by atoms with E-state index in [1.54, 1.807) is 0 Å². The number of anilines is 1. The van der Waals surface area contributed by atoms with E-state index in [1.165, 1.54) is 0 Å². The van der Waals surface area contributed by atoms with Gasteiger partial charge >= 0.3 is 0 Å². The van der Waals surface area contributed by atoms with Gasteiger partial charge in [-0.05, 0) is 36.2 Å². The van der Waals surface area contributed by atoms with E-state index in [-0.39, 0.29) is 5.91 Å². The van der Waals surface area contributed by atoms with E-state index in [0.717, 1.165) is 28.7 Å². The maximum absolute atomic E-state index is 12.3. The zero-order chi connectivity index (χ0) is 15.1. The molecule has 0 bridgehead atoms. The number of hydrogen-bond donors (Lipinski definition) is 2. The van der Waals surface area contributed by atoms with Gasteiger partial charge in [-0.15, -0.1) is 0 Å². The summed E-state index contributed by atoms with van der Waals surface area (Å²) in [5.74, 6) is -0.0582. The Hall–Kier alpha value is -1.81. The summed E-state index contributed by atoms with van der Waals surface area (Å²) in [4.78, 5) is 12.3. The molecule has 2 aromatic carbocycles. The van der Waals surface area contributed by atoms with E-state index < -0.39 is 0 Å². The first-order valence-electron chi connectivity index (χ1n) is 7.06. The fourth-order valence-electron chi connectivity index (χ4n) is 1.97. The van der Waals surface area contributed by atoms with E-state index in [2.05, 4.69) is 33.5 Å². The monoisotopic (exact) mass is 346 g/mol. The molecule has 2 aromatic rings. The van der Waals surface area contributed by atoms with Gasteiger partial charge in [0.05, 0.1) is 5.56 Å². The highest BCUT2D eigenvalue weighted by atomic mass is 79.9. The van der Waals surface area contributed by atoms with E-state index >= 15 is 0 Å². The maximum Gasteiger partial charge on any atom is 0.253 e. The molecule has 110 valence electrons. The molecular weight excluding hydrogens is 328 g/mol. The summed E-state index contributed by atoms with van der Waals surface area (Å²) >= 11 is 3.40. The van der Waals surface area contributed by atoms with Crippen LogP contribution >= 0.6 is 15.9 Å². The van der Waals surface area contributed by atoms with Crippen molar-refractivity contribution in [2.45, 2.75) is 19.9 Å². The summed E-state index contributed by atoms with van der Waals surface area (Å²) in [7, 11) is 0. The van der Waals surface area contributed by atoms with Crippen LogP contribution in [0.25, 0.3) is 0 Å². The van der Waals surface area contributed by atoms with Crippen LogP contribution in [-0.2, 0) is 6.54 Å². The Kier molecular flexibility index (Phi) is 5.81. The van der Waals surface area contributed by atoms with Crippen LogP contribution in [0.5, 0.6) is 0 Å². The molecule has 4 heteroatoms. The van der Waals surface area contributed by atoms with Crippen molar-refractivity contribution >= 4 is 27.5 Å². The molecule has 0 spiro atoms. The molecule has 0 heterocycles. The van der Waals surface area contributed by atoms with E-state index in [0.29, 0.717) is 12.1 Å². The molecule has 0 aromatic heterocycles. The Bertz CT molecular complexity index is 596. The van der Waals surface area contributed by atoms with Crippen molar-refractivity contribution in [2.24, 2.45) is 0 Å². The molecule has 2 rings (SSSR count). The van der Waals surface area contributed by atoms with Gasteiger partial charge in [-0.1, -0.05) is 47.1 Å². The molecule has 0 aliphatic rings. The SMILES string of the molecule is CCCNc1ccccc1C(=O)NCc1ccc(Br)cc1. The third kappa shape index (κ3) is 4.60. The summed E-state index contributed by atoms with van der Waals surface area (Å²) in [6, 6.07) is 15.5. The predicted molar refractivity (Wildman–Crippen MR) is 90.5 cm³/mol. The Morgan fingerprint density at radius 3 is 2.52 bits per heavy atom. The molecular formula is C17H19BrN2O. The van der Waals surface area contributed by atoms with Crippen molar-refractivity contribution in [3.05, 3.63) is 64.1 Å². The molecule has 0 unspecified atom stereocenters. The van der Waals surface area contributed by atoms with Crippen molar-refractivity contribution in [2.75, 3.05) is 11.9 Å². The quantitative estimate of drug-likeness (QED) is 0.822. The standard InChI is InChI=1S/C17H19BrN2O/c1-2-11-19-16-6-4-3-5-15(16)17(21)20-12-13-7-9-14(18)10-8-13/h3-10,19H,2,11-12H2,1H3,(H,20,21). The molecule has 0 saturated carbocycles. The highest BCUT2D eigenvalue weighted by Gasteiger charge is 2.09. The highest BCUT2D eigenvalue weighted by molar-refractivity contribution is 9.10. The molecule has 0 saturated heterocycles. The van der Waals surface area contributed by atoms with Gasteiger partial charge in [0.15, 0.2) is 0 Å². The second-order valence-corrected chi connectivity index (χ2v) is 5.70. The molecule has 21 heavy (non-hydrogen) atoms. The van der Waals surface area contributed by atoms with Crippen molar-refractivity contribution in [1.82, 2.24) is 5.32 Å². The lowest BCUT2D eigenvalue weighted by Gasteiger charge is -2.11. The zero-order valence-corrected chi connectivity index (χ0v) is 13.6. The molecule has 1 amide bonds. The van der Waals surface area contributed by atoms with Crippen LogP contribution in [0.15, 0.2) is 53.0 Å². The second kappa shape index (κ2) is 7.84. The van der Waals surface area contributed by atoms with E-state index in [4.69, 9.17) is 0 Å². The Labute approximate surface area is 133 Å². The van der Waals surface area contributed by atoms with Crippen LogP contribution in [0.2, 0.25) is 0 Å². The number of carbonyl (C=O) groups excluding carboxylic acids is 1. The lowest BCUT2D eigenvalue weighted by atomic mass is 10.1. The first-order chi connectivity index (χ1) is 10.2. The minimum Gasteiger partial charge on any atom is -0.384 e. The van der Waals surface area contributed by atoms with Crippen LogP contribution in [0, 0.1) is 0 Å². The molecule has 3 nitrogen and oxygen atoms in total. The highest BCUT2D eigenvalue weighted by Crippen LogP contribution is 2.15. The number of amides is 1. The van der Waals surface area contributed by atoms with Crippen LogP contribution in [0.4, 0.5) is 5.69 Å². The number of halogens is 1. The number of nitrogens with one attached hydrogen (secondary N) is 2. The number of benzene rings is 2. The fourth-order valence-corrected chi connectivity index (χ4v) is 2.24. The Morgan fingerprint density at radius 2 is 1.81 bits per heavy atom. The Morgan fingerprint density at radius 1 is 1.10 bits per heavy atom. The van der Waals surface area contributed by atoms with Crippen LogP contribution < -0.4 is 10.6 Å². The number of carbonyl (C=O) groups is 1.